The molecule has 0 aliphatic heterocycles. The lowest BCUT2D eigenvalue weighted by atomic mass is 10.2. The maximum absolute atomic E-state index is 12.5. The summed E-state index contributed by atoms with van der Waals surface area (Å²) in [5.74, 6) is 0. The van der Waals surface area contributed by atoms with Gasteiger partial charge in [0.2, 0.25) is 0 Å². The fourth-order valence-electron chi connectivity index (χ4n) is 1.78. The first kappa shape index (κ1) is 15.1. The number of amides is 1. The number of carbonyl (C=O) groups excluding carboxylic acids is 1. The number of hydrogen-bond acceptors (Lipinski definition) is 4. The van der Waals surface area contributed by atoms with Crippen molar-refractivity contribution in [3.8, 4) is 0 Å². The van der Waals surface area contributed by atoms with Gasteiger partial charge in [-0.3, -0.25) is 15.0 Å². The summed E-state index contributed by atoms with van der Waals surface area (Å²) in [5, 5.41) is 6.95. The summed E-state index contributed by atoms with van der Waals surface area (Å²) < 4.78 is 31.2. The maximum atomic E-state index is 12.5. The predicted octanol–water partition coefficient (Wildman–Crippen LogP) is 3.04. The molecule has 0 aromatic carbocycles. The molecule has 2 rings (SSSR count). The molecule has 0 aliphatic rings. The molecule has 1 N–H and O–H groups in total. The second-order valence-electron chi connectivity index (χ2n) is 5.46. The normalized spacial score (nSPS) is 11.9. The quantitative estimate of drug-likeness (QED) is 0.945. The highest BCUT2D eigenvalue weighted by molar-refractivity contribution is 5.98. The molecule has 0 radical (unpaired) electrons. The van der Waals surface area contributed by atoms with E-state index in [4.69, 9.17) is 4.74 Å². The lowest BCUT2D eigenvalue weighted by molar-refractivity contribution is 0.0636. The predicted molar refractivity (Wildman–Crippen MR) is 73.4 cm³/mol. The van der Waals surface area contributed by atoms with E-state index in [-0.39, 0.29) is 0 Å². The first-order valence-corrected chi connectivity index (χ1v) is 6.34. The molecule has 2 aromatic heterocycles. The smallest absolute Gasteiger partial charge is 0.412 e. The summed E-state index contributed by atoms with van der Waals surface area (Å²) in [6, 6.07) is 0. The Bertz CT molecular complexity index is 649. The van der Waals surface area contributed by atoms with Crippen molar-refractivity contribution in [2.75, 3.05) is 5.32 Å². The lowest BCUT2D eigenvalue weighted by Crippen LogP contribution is -2.27. The zero-order chi connectivity index (χ0) is 15.6. The highest BCUT2D eigenvalue weighted by Gasteiger charge is 2.18. The molecule has 0 saturated heterocycles. The molecule has 0 aliphatic carbocycles. The summed E-state index contributed by atoms with van der Waals surface area (Å²) in [6.45, 7) is 4.70. The van der Waals surface area contributed by atoms with Gasteiger partial charge < -0.3 is 4.74 Å². The highest BCUT2D eigenvalue weighted by Crippen LogP contribution is 2.23. The number of carbonyl (C=O) groups is 1. The summed E-state index contributed by atoms with van der Waals surface area (Å²) in [5.41, 5.74) is 0.150. The average molecular weight is 298 g/mol. The van der Waals surface area contributed by atoms with E-state index in [9.17, 15) is 13.6 Å². The van der Waals surface area contributed by atoms with Gasteiger partial charge in [-0.1, -0.05) is 0 Å². The topological polar surface area (TPSA) is 69.0 Å². The standard InChI is InChI=1S/C13H16F2N4O2/c1-13(2,3)21-12(20)18-9-5-16-6-10-8(9)4-17-19(10)7-11(14)15/h4-6,11H,7H2,1-3H3,(H,18,20). The van der Waals surface area contributed by atoms with Crippen LogP contribution in [0.25, 0.3) is 10.9 Å². The number of halogens is 2. The summed E-state index contributed by atoms with van der Waals surface area (Å²) in [6.07, 6.45) is 1.09. The molecular formula is C13H16F2N4O2. The maximum Gasteiger partial charge on any atom is 0.412 e. The van der Waals surface area contributed by atoms with E-state index in [2.05, 4.69) is 15.4 Å². The van der Waals surface area contributed by atoms with E-state index < -0.39 is 24.7 Å². The second kappa shape index (κ2) is 5.63. The van der Waals surface area contributed by atoms with Gasteiger partial charge in [-0.05, 0) is 20.8 Å². The minimum Gasteiger partial charge on any atom is -0.444 e. The van der Waals surface area contributed by atoms with Crippen LogP contribution in [0, 0.1) is 0 Å². The van der Waals surface area contributed by atoms with Gasteiger partial charge in [0, 0.05) is 5.39 Å². The van der Waals surface area contributed by atoms with Gasteiger partial charge in [-0.2, -0.15) is 5.10 Å². The molecule has 21 heavy (non-hydrogen) atoms. The molecule has 0 unspecified atom stereocenters. The van der Waals surface area contributed by atoms with Gasteiger partial charge in [0.25, 0.3) is 6.43 Å². The van der Waals surface area contributed by atoms with Crippen molar-refractivity contribution in [2.24, 2.45) is 0 Å². The third-order valence-electron chi connectivity index (χ3n) is 2.52. The first-order chi connectivity index (χ1) is 9.76. The first-order valence-electron chi connectivity index (χ1n) is 6.34. The van der Waals surface area contributed by atoms with Gasteiger partial charge >= 0.3 is 6.09 Å². The van der Waals surface area contributed by atoms with Crippen LogP contribution in [0.3, 0.4) is 0 Å². The Balaban J connectivity index is 2.25. The van der Waals surface area contributed by atoms with Crippen LogP contribution in [0.1, 0.15) is 20.8 Å². The third kappa shape index (κ3) is 3.87. The fourth-order valence-corrected chi connectivity index (χ4v) is 1.78. The van der Waals surface area contributed by atoms with E-state index in [1.807, 2.05) is 0 Å². The van der Waals surface area contributed by atoms with Crippen LogP contribution in [0.2, 0.25) is 0 Å². The highest BCUT2D eigenvalue weighted by atomic mass is 19.3. The molecule has 1 amide bonds. The Morgan fingerprint density at radius 1 is 1.38 bits per heavy atom. The summed E-state index contributed by atoms with van der Waals surface area (Å²) in [4.78, 5) is 15.7. The fraction of sp³-hybridized carbons (Fsp3) is 0.462. The van der Waals surface area contributed by atoms with Crippen molar-refractivity contribution in [2.45, 2.75) is 39.3 Å². The van der Waals surface area contributed by atoms with Crippen molar-refractivity contribution in [3.05, 3.63) is 18.6 Å². The van der Waals surface area contributed by atoms with E-state index in [0.717, 1.165) is 4.68 Å². The molecular weight excluding hydrogens is 282 g/mol. The summed E-state index contributed by atoms with van der Waals surface area (Å²) >= 11 is 0. The zero-order valence-corrected chi connectivity index (χ0v) is 11.9. The van der Waals surface area contributed by atoms with Crippen molar-refractivity contribution < 1.29 is 18.3 Å². The van der Waals surface area contributed by atoms with Gasteiger partial charge in [-0.15, -0.1) is 0 Å². The summed E-state index contributed by atoms with van der Waals surface area (Å²) in [7, 11) is 0. The number of alkyl halides is 2. The lowest BCUT2D eigenvalue weighted by Gasteiger charge is -2.19. The van der Waals surface area contributed by atoms with Crippen molar-refractivity contribution >= 4 is 22.7 Å². The Morgan fingerprint density at radius 3 is 2.71 bits per heavy atom. The molecule has 0 bridgehead atoms. The third-order valence-corrected chi connectivity index (χ3v) is 2.52. The molecule has 0 spiro atoms. The van der Waals surface area contributed by atoms with E-state index >= 15 is 0 Å². The van der Waals surface area contributed by atoms with Crippen molar-refractivity contribution in [1.29, 1.82) is 0 Å². The Hall–Kier alpha value is -2.25. The van der Waals surface area contributed by atoms with Crippen LogP contribution in [-0.4, -0.2) is 32.9 Å². The van der Waals surface area contributed by atoms with Gasteiger partial charge in [0.15, 0.2) is 0 Å². The van der Waals surface area contributed by atoms with Crippen LogP contribution in [0.15, 0.2) is 18.6 Å². The van der Waals surface area contributed by atoms with Crippen LogP contribution >= 0.6 is 0 Å². The van der Waals surface area contributed by atoms with E-state index in [0.29, 0.717) is 16.6 Å². The van der Waals surface area contributed by atoms with Gasteiger partial charge in [-0.25, -0.2) is 13.6 Å². The molecule has 0 atom stereocenters. The van der Waals surface area contributed by atoms with Crippen LogP contribution in [-0.2, 0) is 11.3 Å². The Morgan fingerprint density at radius 2 is 2.10 bits per heavy atom. The Labute approximate surface area is 120 Å². The average Bonchev–Trinajstić information content (AvgIpc) is 2.70. The number of nitrogens with zero attached hydrogens (tertiary/aromatic N) is 3. The number of aromatic nitrogens is 3. The number of pyridine rings is 1. The molecule has 2 heterocycles. The molecule has 0 saturated carbocycles. The molecule has 2 aromatic rings. The van der Waals surface area contributed by atoms with Crippen LogP contribution in [0.4, 0.5) is 19.3 Å². The monoisotopic (exact) mass is 298 g/mol. The van der Waals surface area contributed by atoms with Crippen LogP contribution < -0.4 is 5.32 Å². The molecule has 6 nitrogen and oxygen atoms in total. The van der Waals surface area contributed by atoms with E-state index in [1.165, 1.54) is 18.6 Å². The number of rotatable bonds is 3. The SMILES string of the molecule is CC(C)(C)OC(=O)Nc1cncc2c1cnn2CC(F)F. The molecule has 0 fully saturated rings. The van der Waals surface area contributed by atoms with Crippen molar-refractivity contribution in [1.82, 2.24) is 14.8 Å². The number of anilines is 1. The number of fused-ring (bicyclic) bond motifs is 1. The van der Waals surface area contributed by atoms with Crippen molar-refractivity contribution in [3.63, 3.8) is 0 Å². The van der Waals surface area contributed by atoms with Crippen LogP contribution in [0.5, 0.6) is 0 Å². The molecule has 8 heteroatoms. The zero-order valence-electron chi connectivity index (χ0n) is 11.9. The second-order valence-corrected chi connectivity index (χ2v) is 5.46. The minimum atomic E-state index is -2.52. The number of nitrogens with one attached hydrogen (secondary N) is 1. The van der Waals surface area contributed by atoms with Gasteiger partial charge in [0.1, 0.15) is 12.1 Å². The minimum absolute atomic E-state index is 0.363. The molecule has 114 valence electrons. The Kier molecular flexibility index (Phi) is 4.06. The number of ether oxygens (including phenoxy) is 1. The number of hydrogen-bond donors (Lipinski definition) is 1. The van der Waals surface area contributed by atoms with E-state index in [1.54, 1.807) is 20.8 Å². The van der Waals surface area contributed by atoms with Gasteiger partial charge in [0.05, 0.1) is 29.8 Å². The largest absolute Gasteiger partial charge is 0.444 e.